The van der Waals surface area contributed by atoms with Crippen LogP contribution in [0.1, 0.15) is 6.92 Å². The molecule has 2 amide bonds. The lowest BCUT2D eigenvalue weighted by Crippen LogP contribution is -2.55. The highest BCUT2D eigenvalue weighted by atomic mass is 32.1. The molecule has 0 aliphatic heterocycles. The van der Waals surface area contributed by atoms with Gasteiger partial charge in [-0.1, -0.05) is 0 Å². The molecule has 0 aromatic heterocycles. The maximum Gasteiger partial charge on any atom is 0.273 e. The van der Waals surface area contributed by atoms with Crippen molar-refractivity contribution in [1.29, 1.82) is 0 Å². The van der Waals surface area contributed by atoms with E-state index in [0.717, 1.165) is 6.92 Å². The quantitative estimate of drug-likeness (QED) is 0.336. The van der Waals surface area contributed by atoms with Crippen molar-refractivity contribution < 1.29 is 14.0 Å². The van der Waals surface area contributed by atoms with Gasteiger partial charge in [0.05, 0.1) is 0 Å². The molecule has 0 spiro atoms. The SMILES string of the molecule is C[C@](N)(F)C(=O)N[C@H](CS)C(N)=O. The maximum absolute atomic E-state index is 12.7. The van der Waals surface area contributed by atoms with Gasteiger partial charge in [-0.2, -0.15) is 12.6 Å². The van der Waals surface area contributed by atoms with Crippen molar-refractivity contribution in [3.63, 3.8) is 0 Å². The smallest absolute Gasteiger partial charge is 0.273 e. The number of rotatable bonds is 4. The van der Waals surface area contributed by atoms with E-state index < -0.39 is 23.6 Å². The summed E-state index contributed by atoms with van der Waals surface area (Å²) in [5.41, 5.74) is 9.70. The number of carbonyl (C=O) groups is 2. The van der Waals surface area contributed by atoms with Gasteiger partial charge in [0.1, 0.15) is 6.04 Å². The third kappa shape index (κ3) is 4.09. The van der Waals surface area contributed by atoms with Crippen LogP contribution in [0.5, 0.6) is 0 Å². The summed E-state index contributed by atoms with van der Waals surface area (Å²) >= 11 is 3.75. The minimum absolute atomic E-state index is 0.00282. The first-order valence-corrected chi connectivity index (χ1v) is 4.11. The van der Waals surface area contributed by atoms with Crippen LogP contribution in [0, 0.1) is 0 Å². The number of primary amides is 1. The fourth-order valence-electron chi connectivity index (χ4n) is 0.506. The fraction of sp³-hybridized carbons (Fsp3) is 0.667. The van der Waals surface area contributed by atoms with Gasteiger partial charge in [0, 0.05) is 5.75 Å². The van der Waals surface area contributed by atoms with Crippen LogP contribution in [-0.4, -0.2) is 29.4 Å². The molecule has 0 saturated heterocycles. The Morgan fingerprint density at radius 3 is 2.38 bits per heavy atom. The van der Waals surface area contributed by atoms with E-state index in [9.17, 15) is 14.0 Å². The van der Waals surface area contributed by atoms with Crippen molar-refractivity contribution in [2.24, 2.45) is 11.5 Å². The zero-order chi connectivity index (χ0) is 10.6. The second-order valence-electron chi connectivity index (χ2n) is 2.69. The number of thiol groups is 1. The molecule has 0 aliphatic carbocycles. The second kappa shape index (κ2) is 4.43. The van der Waals surface area contributed by atoms with Crippen LogP contribution >= 0.6 is 12.6 Å². The van der Waals surface area contributed by atoms with E-state index in [4.69, 9.17) is 11.5 Å². The zero-order valence-electron chi connectivity index (χ0n) is 7.08. The van der Waals surface area contributed by atoms with E-state index in [2.05, 4.69) is 12.6 Å². The molecule has 2 atom stereocenters. The third-order valence-electron chi connectivity index (χ3n) is 1.28. The number of amides is 2. The molecule has 0 radical (unpaired) electrons. The summed E-state index contributed by atoms with van der Waals surface area (Å²) in [6.45, 7) is 0.874. The summed E-state index contributed by atoms with van der Waals surface area (Å²) in [6.07, 6.45) is 0. The van der Waals surface area contributed by atoms with Crippen molar-refractivity contribution in [1.82, 2.24) is 5.32 Å². The van der Waals surface area contributed by atoms with E-state index >= 15 is 0 Å². The van der Waals surface area contributed by atoms with Crippen LogP contribution < -0.4 is 16.8 Å². The van der Waals surface area contributed by atoms with E-state index in [0.29, 0.717) is 0 Å². The van der Waals surface area contributed by atoms with Gasteiger partial charge in [0.25, 0.3) is 5.91 Å². The minimum atomic E-state index is -2.52. The Hall–Kier alpha value is -0.820. The number of nitrogens with two attached hydrogens (primary N) is 2. The molecule has 0 saturated carbocycles. The molecule has 13 heavy (non-hydrogen) atoms. The lowest BCUT2D eigenvalue weighted by Gasteiger charge is -2.18. The van der Waals surface area contributed by atoms with Crippen molar-refractivity contribution in [2.45, 2.75) is 18.8 Å². The first-order valence-electron chi connectivity index (χ1n) is 3.48. The Balaban J connectivity index is 4.26. The van der Waals surface area contributed by atoms with Crippen LogP contribution in [0.4, 0.5) is 4.39 Å². The Kier molecular flexibility index (Phi) is 4.15. The molecule has 76 valence electrons. The van der Waals surface area contributed by atoms with Crippen molar-refractivity contribution in [3.8, 4) is 0 Å². The number of alkyl halides is 1. The average molecular weight is 209 g/mol. The number of hydrogen-bond acceptors (Lipinski definition) is 4. The topological polar surface area (TPSA) is 98.2 Å². The van der Waals surface area contributed by atoms with Crippen molar-refractivity contribution in [2.75, 3.05) is 5.75 Å². The highest BCUT2D eigenvalue weighted by Gasteiger charge is 2.30. The number of carbonyl (C=O) groups excluding carboxylic acids is 2. The molecule has 0 rings (SSSR count). The van der Waals surface area contributed by atoms with Crippen LogP contribution in [0.3, 0.4) is 0 Å². The van der Waals surface area contributed by atoms with Crippen LogP contribution in [0.2, 0.25) is 0 Å². The third-order valence-corrected chi connectivity index (χ3v) is 1.64. The first kappa shape index (κ1) is 12.2. The molecule has 0 aromatic carbocycles. The standard InChI is InChI=1S/C6H12FN3O2S/c1-6(7,9)5(12)10-3(2-13)4(8)11/h3,13H,2,9H2,1H3,(H2,8,11)(H,10,12)/t3-,6-/m1/s1. The van der Waals surface area contributed by atoms with Gasteiger partial charge in [0.15, 0.2) is 0 Å². The predicted octanol–water partition coefficient (Wildman–Crippen LogP) is -1.47. The number of hydrogen-bond donors (Lipinski definition) is 4. The summed E-state index contributed by atoms with van der Waals surface area (Å²) in [4.78, 5) is 21.5. The molecule has 0 unspecified atom stereocenters. The highest BCUT2D eigenvalue weighted by Crippen LogP contribution is 2.00. The first-order chi connectivity index (χ1) is 5.79. The summed E-state index contributed by atoms with van der Waals surface area (Å²) in [6, 6.07) is -1.01. The van der Waals surface area contributed by atoms with E-state index in [1.54, 1.807) is 0 Å². The molecule has 0 aromatic rings. The second-order valence-corrected chi connectivity index (χ2v) is 3.05. The van der Waals surface area contributed by atoms with Gasteiger partial charge in [-0.25, -0.2) is 4.39 Å². The molecule has 0 aliphatic rings. The lowest BCUT2D eigenvalue weighted by atomic mass is 10.2. The van der Waals surface area contributed by atoms with Gasteiger partial charge in [-0.3, -0.25) is 15.3 Å². The summed E-state index contributed by atoms with van der Waals surface area (Å²) in [5, 5.41) is 2.02. The molecular formula is C6H12FN3O2S. The molecule has 0 bridgehead atoms. The Morgan fingerprint density at radius 2 is 2.15 bits per heavy atom. The van der Waals surface area contributed by atoms with Crippen molar-refractivity contribution >= 4 is 24.4 Å². The zero-order valence-corrected chi connectivity index (χ0v) is 7.98. The van der Waals surface area contributed by atoms with Gasteiger partial charge < -0.3 is 11.1 Å². The Labute approximate surface area is 80.4 Å². The Morgan fingerprint density at radius 1 is 1.69 bits per heavy atom. The predicted molar refractivity (Wildman–Crippen MR) is 48.7 cm³/mol. The van der Waals surface area contributed by atoms with Crippen LogP contribution in [-0.2, 0) is 9.59 Å². The molecule has 7 heteroatoms. The molecular weight excluding hydrogens is 197 g/mol. The van der Waals surface area contributed by atoms with Gasteiger partial charge in [-0.15, -0.1) is 0 Å². The van der Waals surface area contributed by atoms with Crippen molar-refractivity contribution in [3.05, 3.63) is 0 Å². The van der Waals surface area contributed by atoms with Crippen LogP contribution in [0.15, 0.2) is 0 Å². The monoisotopic (exact) mass is 209 g/mol. The highest BCUT2D eigenvalue weighted by molar-refractivity contribution is 7.80. The van der Waals surface area contributed by atoms with E-state index in [1.807, 2.05) is 5.32 Å². The largest absolute Gasteiger partial charge is 0.368 e. The fourth-order valence-corrected chi connectivity index (χ4v) is 0.777. The number of halogens is 1. The molecule has 5 N–H and O–H groups in total. The van der Waals surface area contributed by atoms with Gasteiger partial charge in [0.2, 0.25) is 11.7 Å². The number of nitrogens with one attached hydrogen (secondary N) is 1. The maximum atomic E-state index is 12.7. The summed E-state index contributed by atoms with van der Waals surface area (Å²) in [7, 11) is 0. The minimum Gasteiger partial charge on any atom is -0.368 e. The average Bonchev–Trinajstić information content (AvgIpc) is 1.96. The van der Waals surface area contributed by atoms with E-state index in [1.165, 1.54) is 0 Å². The lowest BCUT2D eigenvalue weighted by molar-refractivity contribution is -0.134. The summed E-state index contributed by atoms with van der Waals surface area (Å²) in [5.74, 6) is -4.40. The van der Waals surface area contributed by atoms with Gasteiger partial charge >= 0.3 is 0 Å². The molecule has 0 heterocycles. The molecule has 0 fully saturated rings. The van der Waals surface area contributed by atoms with Gasteiger partial charge in [-0.05, 0) is 6.92 Å². The van der Waals surface area contributed by atoms with E-state index in [-0.39, 0.29) is 5.75 Å². The van der Waals surface area contributed by atoms with Crippen LogP contribution in [0.25, 0.3) is 0 Å². The normalized spacial score (nSPS) is 17.2. The summed E-state index contributed by atoms with van der Waals surface area (Å²) < 4.78 is 12.7. The Bertz CT molecular complexity index is 216. The molecule has 5 nitrogen and oxygen atoms in total.